The van der Waals surface area contributed by atoms with E-state index < -0.39 is 18.0 Å². The van der Waals surface area contributed by atoms with Crippen molar-refractivity contribution in [1.82, 2.24) is 10.3 Å². The number of hydrogen-bond donors (Lipinski definition) is 3. The van der Waals surface area contributed by atoms with Crippen LogP contribution in [-0.4, -0.2) is 33.2 Å². The van der Waals surface area contributed by atoms with Crippen molar-refractivity contribution in [3.05, 3.63) is 112 Å². The number of hydrogen-bond acceptors (Lipinski definition) is 6. The lowest BCUT2D eigenvalue weighted by molar-refractivity contribution is -0.139. The summed E-state index contributed by atoms with van der Waals surface area (Å²) in [5.41, 5.74) is 4.56. The highest BCUT2D eigenvalue weighted by molar-refractivity contribution is 6.32. The number of aromatic carboxylic acids is 1. The molecule has 1 aliphatic carbocycles. The number of benzene rings is 3. The lowest BCUT2D eigenvalue weighted by Gasteiger charge is -2.21. The molecule has 46 heavy (non-hydrogen) atoms. The van der Waals surface area contributed by atoms with Crippen LogP contribution in [0.2, 0.25) is 5.02 Å². The van der Waals surface area contributed by atoms with Gasteiger partial charge in [-0.3, -0.25) is 9.78 Å². The molecule has 0 saturated carbocycles. The Morgan fingerprint density at radius 1 is 1.04 bits per heavy atom. The summed E-state index contributed by atoms with van der Waals surface area (Å²) < 4.78 is 27.3. The van der Waals surface area contributed by atoms with Crippen LogP contribution in [0, 0.1) is 5.82 Å². The summed E-state index contributed by atoms with van der Waals surface area (Å²) in [6, 6.07) is 16.6. The molecule has 0 spiro atoms. The fraction of sp³-hybridized carbons (Fsp3) is 0.306. The highest BCUT2D eigenvalue weighted by Crippen LogP contribution is 2.43. The second-order valence-corrected chi connectivity index (χ2v) is 11.7. The van der Waals surface area contributed by atoms with Gasteiger partial charge in [0.05, 0.1) is 10.6 Å². The fourth-order valence-corrected chi connectivity index (χ4v) is 5.98. The molecule has 240 valence electrons. The number of carboxylic acids is 2. The maximum atomic E-state index is 14.7. The van der Waals surface area contributed by atoms with E-state index in [1.807, 2.05) is 24.3 Å². The highest BCUT2D eigenvalue weighted by Gasteiger charge is 2.28. The number of halogens is 2. The van der Waals surface area contributed by atoms with Crippen molar-refractivity contribution >= 4 is 23.5 Å². The second-order valence-electron chi connectivity index (χ2n) is 11.3. The Kier molecular flexibility index (Phi) is 10.9. The van der Waals surface area contributed by atoms with Crippen molar-refractivity contribution in [2.24, 2.45) is 0 Å². The Balaban J connectivity index is 1.41. The minimum Gasteiger partial charge on any atom is -0.488 e. The molecule has 0 amide bonds. The topological polar surface area (TPSA) is 118 Å². The van der Waals surface area contributed by atoms with Gasteiger partial charge in [0.25, 0.3) is 0 Å². The van der Waals surface area contributed by atoms with Crippen molar-refractivity contribution in [2.75, 3.05) is 0 Å². The summed E-state index contributed by atoms with van der Waals surface area (Å²) in [6.07, 6.45) is 7.01. The van der Waals surface area contributed by atoms with E-state index >= 15 is 0 Å². The van der Waals surface area contributed by atoms with Crippen LogP contribution in [-0.2, 0) is 24.4 Å². The minimum absolute atomic E-state index is 0.0132. The number of ether oxygens (including phenoxy) is 2. The molecule has 1 aromatic heterocycles. The summed E-state index contributed by atoms with van der Waals surface area (Å²) in [6.45, 7) is 2.25. The first-order chi connectivity index (χ1) is 22.2. The molecular weight excluding hydrogens is 611 g/mol. The van der Waals surface area contributed by atoms with E-state index in [4.69, 9.17) is 21.1 Å². The van der Waals surface area contributed by atoms with Gasteiger partial charge in [-0.2, -0.15) is 0 Å². The van der Waals surface area contributed by atoms with E-state index in [-0.39, 0.29) is 30.6 Å². The Labute approximate surface area is 272 Å². The van der Waals surface area contributed by atoms with E-state index in [0.717, 1.165) is 36.0 Å². The Hall–Kier alpha value is -4.47. The van der Waals surface area contributed by atoms with E-state index in [0.29, 0.717) is 52.5 Å². The van der Waals surface area contributed by atoms with Gasteiger partial charge >= 0.3 is 11.9 Å². The molecule has 0 aliphatic heterocycles. The summed E-state index contributed by atoms with van der Waals surface area (Å²) >= 11 is 6.76. The number of nitrogens with one attached hydrogen (secondary N) is 1. The average molecular weight is 647 g/mol. The molecule has 3 N–H and O–H groups in total. The lowest BCUT2D eigenvalue weighted by Crippen LogP contribution is -2.36. The quantitative estimate of drug-likeness (QED) is 0.111. The molecule has 0 saturated heterocycles. The molecule has 2 atom stereocenters. The fourth-order valence-electron chi connectivity index (χ4n) is 5.75. The maximum Gasteiger partial charge on any atom is 0.337 e. The third kappa shape index (κ3) is 7.84. The summed E-state index contributed by atoms with van der Waals surface area (Å²) in [7, 11) is 0. The molecule has 0 unspecified atom stereocenters. The normalized spacial score (nSPS) is 14.5. The summed E-state index contributed by atoms with van der Waals surface area (Å²) in [4.78, 5) is 27.4. The predicted octanol–water partition coefficient (Wildman–Crippen LogP) is 8.01. The van der Waals surface area contributed by atoms with E-state index in [9.17, 15) is 24.2 Å². The zero-order chi connectivity index (χ0) is 32.6. The third-order valence-corrected chi connectivity index (χ3v) is 8.43. The highest BCUT2D eigenvalue weighted by atomic mass is 35.5. The number of unbranched alkanes of at least 4 members (excludes halogenated alkanes) is 2. The van der Waals surface area contributed by atoms with Gasteiger partial charge in [-0.1, -0.05) is 74.2 Å². The molecule has 10 heteroatoms. The van der Waals surface area contributed by atoms with Gasteiger partial charge in [-0.05, 0) is 54.2 Å². The van der Waals surface area contributed by atoms with E-state index in [2.05, 4.69) is 17.2 Å². The number of carboxylic acid groups (broad SMARTS) is 2. The lowest BCUT2D eigenvalue weighted by atomic mass is 9.96. The zero-order valence-electron chi connectivity index (χ0n) is 25.5. The summed E-state index contributed by atoms with van der Waals surface area (Å²) in [5.74, 6) is -1.53. The molecule has 1 aliphatic rings. The SMILES string of the molecule is CCCCC[C@H](NCc1cc(Cl)c(O[C@H]2CCc3c(-c4ccccc4F)cccc32)cc1OCc1cncc(C(=O)O)c1)C(=O)O. The van der Waals surface area contributed by atoms with Crippen LogP contribution in [0.5, 0.6) is 11.5 Å². The number of pyridine rings is 1. The number of nitrogens with zero attached hydrogens (tertiary/aromatic N) is 1. The van der Waals surface area contributed by atoms with Gasteiger partial charge in [0.2, 0.25) is 0 Å². The Morgan fingerprint density at radius 3 is 2.61 bits per heavy atom. The predicted molar refractivity (Wildman–Crippen MR) is 173 cm³/mol. The Morgan fingerprint density at radius 2 is 1.85 bits per heavy atom. The maximum absolute atomic E-state index is 14.7. The molecule has 8 nitrogen and oxygen atoms in total. The van der Waals surface area contributed by atoms with Crippen molar-refractivity contribution in [1.29, 1.82) is 0 Å². The van der Waals surface area contributed by atoms with Gasteiger partial charge in [-0.25, -0.2) is 9.18 Å². The molecule has 0 bridgehead atoms. The molecule has 0 fully saturated rings. The minimum atomic E-state index is -1.10. The number of rotatable bonds is 15. The molecule has 1 heterocycles. The third-order valence-electron chi connectivity index (χ3n) is 8.13. The number of fused-ring (bicyclic) bond motifs is 1. The van der Waals surface area contributed by atoms with Gasteiger partial charge in [0.1, 0.15) is 36.1 Å². The molecule has 0 radical (unpaired) electrons. The van der Waals surface area contributed by atoms with Crippen LogP contribution < -0.4 is 14.8 Å². The molecule has 3 aromatic carbocycles. The first kappa shape index (κ1) is 32.9. The van der Waals surface area contributed by atoms with E-state index in [1.165, 1.54) is 24.5 Å². The van der Waals surface area contributed by atoms with Gasteiger partial charge < -0.3 is 25.0 Å². The smallest absolute Gasteiger partial charge is 0.337 e. The van der Waals surface area contributed by atoms with Crippen LogP contribution in [0.3, 0.4) is 0 Å². The van der Waals surface area contributed by atoms with Crippen LogP contribution >= 0.6 is 11.6 Å². The standard InChI is InChI=1S/C36H36ClFN2O6/c1-2-3-4-12-31(36(43)44)40-20-23-16-29(37)34(17-33(23)45-21-22-15-24(35(41)42)19-39-18-22)46-32-14-13-26-25(9-7-10-28(26)32)27-8-5-6-11-30(27)38/h5-11,15-19,31-32,40H,2-4,12-14,20-21H2,1H3,(H,41,42)(H,43,44)/t31-,32-/m0/s1. The number of aliphatic carboxylic acids is 1. The van der Waals surface area contributed by atoms with Crippen LogP contribution in [0.25, 0.3) is 11.1 Å². The van der Waals surface area contributed by atoms with Gasteiger partial charge in [0.15, 0.2) is 0 Å². The Bertz CT molecular complexity index is 1710. The van der Waals surface area contributed by atoms with Crippen LogP contribution in [0.15, 0.2) is 73.1 Å². The van der Waals surface area contributed by atoms with E-state index in [1.54, 1.807) is 24.3 Å². The molecular formula is C36H36ClFN2O6. The number of carbonyl (C=O) groups is 2. The average Bonchev–Trinajstić information content (AvgIpc) is 3.46. The largest absolute Gasteiger partial charge is 0.488 e. The first-order valence-corrected chi connectivity index (χ1v) is 15.7. The monoisotopic (exact) mass is 646 g/mol. The molecule has 4 aromatic rings. The van der Waals surface area contributed by atoms with Crippen molar-refractivity contribution < 1.29 is 33.7 Å². The van der Waals surface area contributed by atoms with Gasteiger partial charge in [0, 0.05) is 41.7 Å². The molecule has 5 rings (SSSR count). The zero-order valence-corrected chi connectivity index (χ0v) is 26.2. The first-order valence-electron chi connectivity index (χ1n) is 15.4. The van der Waals surface area contributed by atoms with Crippen LogP contribution in [0.1, 0.15) is 77.7 Å². The second kappa shape index (κ2) is 15.2. The van der Waals surface area contributed by atoms with Crippen molar-refractivity contribution in [2.45, 2.75) is 70.7 Å². The van der Waals surface area contributed by atoms with Crippen molar-refractivity contribution in [3.63, 3.8) is 0 Å². The number of aromatic nitrogens is 1. The van der Waals surface area contributed by atoms with Gasteiger partial charge in [-0.15, -0.1) is 0 Å². The van der Waals surface area contributed by atoms with Crippen molar-refractivity contribution in [3.8, 4) is 22.6 Å². The van der Waals surface area contributed by atoms with Crippen LogP contribution in [0.4, 0.5) is 4.39 Å². The summed E-state index contributed by atoms with van der Waals surface area (Å²) in [5, 5.41) is 22.6.